The van der Waals surface area contributed by atoms with E-state index >= 15 is 0 Å². The highest BCUT2D eigenvalue weighted by Crippen LogP contribution is 2.30. The maximum atomic E-state index is 10.9. The van der Waals surface area contributed by atoms with Crippen molar-refractivity contribution in [1.82, 2.24) is 0 Å². The maximum Gasteiger partial charge on any atom is 0.311 e. The van der Waals surface area contributed by atoms with Crippen molar-refractivity contribution in [2.24, 2.45) is 0 Å². The molecule has 1 heterocycles. The zero-order valence-corrected chi connectivity index (χ0v) is 11.9. The van der Waals surface area contributed by atoms with Gasteiger partial charge in [-0.1, -0.05) is 0 Å². The predicted octanol–water partition coefficient (Wildman–Crippen LogP) is 3.81. The fourth-order valence-electron chi connectivity index (χ4n) is 1.44. The Balaban J connectivity index is 2.22. The van der Waals surface area contributed by atoms with Gasteiger partial charge in [0.15, 0.2) is 5.75 Å². The number of ether oxygens (including phenoxy) is 1. The van der Waals surface area contributed by atoms with E-state index in [1.165, 1.54) is 29.5 Å². The van der Waals surface area contributed by atoms with E-state index in [0.717, 1.165) is 9.35 Å². The maximum absolute atomic E-state index is 10.9. The highest BCUT2D eigenvalue weighted by molar-refractivity contribution is 9.10. The number of halogens is 1. The summed E-state index contributed by atoms with van der Waals surface area (Å²) in [6.45, 7) is 0.236. The lowest BCUT2D eigenvalue weighted by Crippen LogP contribution is -1.99. The van der Waals surface area contributed by atoms with E-state index in [4.69, 9.17) is 4.74 Å². The second-order valence-electron chi connectivity index (χ2n) is 3.58. The van der Waals surface area contributed by atoms with E-state index in [0.29, 0.717) is 6.29 Å². The molecular formula is C12H8BrNO4S. The molecule has 0 atom stereocenters. The molecule has 2 aromatic rings. The van der Waals surface area contributed by atoms with Gasteiger partial charge in [0, 0.05) is 16.1 Å². The van der Waals surface area contributed by atoms with Crippen LogP contribution in [0.3, 0.4) is 0 Å². The Morgan fingerprint density at radius 2 is 2.21 bits per heavy atom. The molecule has 0 N–H and O–H groups in total. The van der Waals surface area contributed by atoms with Crippen molar-refractivity contribution < 1.29 is 14.5 Å². The highest BCUT2D eigenvalue weighted by Gasteiger charge is 2.16. The molecule has 0 saturated heterocycles. The standard InChI is InChI=1S/C12H8BrNO4S/c13-9-3-4-19-12(9)7-18-11-2-1-8(6-15)5-10(11)14(16)17/h1-6H,7H2. The molecule has 5 nitrogen and oxygen atoms in total. The summed E-state index contributed by atoms with van der Waals surface area (Å²) in [7, 11) is 0. The van der Waals surface area contributed by atoms with Crippen LogP contribution in [-0.4, -0.2) is 11.2 Å². The molecule has 98 valence electrons. The zero-order chi connectivity index (χ0) is 13.8. The van der Waals surface area contributed by atoms with E-state index in [9.17, 15) is 14.9 Å². The molecule has 0 aliphatic heterocycles. The molecule has 0 bridgehead atoms. The van der Waals surface area contributed by atoms with Crippen LogP contribution >= 0.6 is 27.3 Å². The van der Waals surface area contributed by atoms with Gasteiger partial charge in [0.1, 0.15) is 12.9 Å². The molecule has 1 aromatic heterocycles. The summed E-state index contributed by atoms with van der Waals surface area (Å²) in [5.74, 6) is 0.149. The smallest absolute Gasteiger partial charge is 0.311 e. The van der Waals surface area contributed by atoms with Crippen molar-refractivity contribution in [1.29, 1.82) is 0 Å². The van der Waals surface area contributed by atoms with Gasteiger partial charge in [0.2, 0.25) is 0 Å². The van der Waals surface area contributed by atoms with E-state index < -0.39 is 4.92 Å². The number of rotatable bonds is 5. The topological polar surface area (TPSA) is 69.4 Å². The van der Waals surface area contributed by atoms with Crippen LogP contribution in [0, 0.1) is 10.1 Å². The molecule has 0 saturated carbocycles. The zero-order valence-electron chi connectivity index (χ0n) is 9.54. The lowest BCUT2D eigenvalue weighted by molar-refractivity contribution is -0.386. The lowest BCUT2D eigenvalue weighted by atomic mass is 10.2. The van der Waals surface area contributed by atoms with Crippen molar-refractivity contribution in [3.05, 3.63) is 54.7 Å². The molecule has 2 rings (SSSR count). The summed E-state index contributed by atoms with van der Waals surface area (Å²) in [6.07, 6.45) is 0.562. The SMILES string of the molecule is O=Cc1ccc(OCc2sccc2Br)c([N+](=O)[O-])c1. The number of hydrogen-bond donors (Lipinski definition) is 0. The first-order valence-corrected chi connectivity index (χ1v) is 6.87. The molecule has 19 heavy (non-hydrogen) atoms. The van der Waals surface area contributed by atoms with Gasteiger partial charge in [-0.2, -0.15) is 0 Å². The first-order valence-electron chi connectivity index (χ1n) is 5.20. The average Bonchev–Trinajstić information content (AvgIpc) is 2.81. The molecule has 7 heteroatoms. The second kappa shape index (κ2) is 5.94. The van der Waals surface area contributed by atoms with Crippen molar-refractivity contribution in [3.63, 3.8) is 0 Å². The predicted molar refractivity (Wildman–Crippen MR) is 74.8 cm³/mol. The summed E-state index contributed by atoms with van der Waals surface area (Å²) in [4.78, 5) is 21.9. The lowest BCUT2D eigenvalue weighted by Gasteiger charge is -2.06. The molecule has 0 spiro atoms. The van der Waals surface area contributed by atoms with Gasteiger partial charge in [-0.25, -0.2) is 0 Å². The third kappa shape index (κ3) is 3.18. The largest absolute Gasteiger partial charge is 0.481 e. The number of nitrogens with zero attached hydrogens (tertiary/aromatic N) is 1. The summed E-state index contributed by atoms with van der Waals surface area (Å²) >= 11 is 4.85. The minimum Gasteiger partial charge on any atom is -0.481 e. The fraction of sp³-hybridized carbons (Fsp3) is 0.0833. The summed E-state index contributed by atoms with van der Waals surface area (Å²) in [5.41, 5.74) is 0.0358. The molecular weight excluding hydrogens is 334 g/mol. The van der Waals surface area contributed by atoms with Crippen LogP contribution in [0.1, 0.15) is 15.2 Å². The van der Waals surface area contributed by atoms with Crippen LogP contribution in [-0.2, 0) is 6.61 Å². The Kier molecular flexibility index (Phi) is 4.28. The number of nitro benzene ring substituents is 1. The van der Waals surface area contributed by atoms with Crippen molar-refractivity contribution >= 4 is 39.2 Å². The van der Waals surface area contributed by atoms with E-state index in [-0.39, 0.29) is 23.6 Å². The molecule has 1 aromatic carbocycles. The van der Waals surface area contributed by atoms with Gasteiger partial charge >= 0.3 is 5.69 Å². The van der Waals surface area contributed by atoms with Gasteiger partial charge in [-0.15, -0.1) is 11.3 Å². The van der Waals surface area contributed by atoms with Crippen LogP contribution in [0.2, 0.25) is 0 Å². The number of carbonyl (C=O) groups is 1. The number of nitro groups is 1. The third-order valence-corrected chi connectivity index (χ3v) is 4.27. The summed E-state index contributed by atoms with van der Waals surface area (Å²) < 4.78 is 6.35. The molecule has 0 fully saturated rings. The number of aldehydes is 1. The van der Waals surface area contributed by atoms with Gasteiger partial charge in [0.25, 0.3) is 0 Å². The number of hydrogen-bond acceptors (Lipinski definition) is 5. The average molecular weight is 342 g/mol. The second-order valence-corrected chi connectivity index (χ2v) is 5.44. The minimum atomic E-state index is -0.564. The van der Waals surface area contributed by atoms with Crippen molar-refractivity contribution in [2.45, 2.75) is 6.61 Å². The summed E-state index contributed by atoms with van der Waals surface area (Å²) in [6, 6.07) is 6.00. The van der Waals surface area contributed by atoms with Gasteiger partial charge < -0.3 is 4.74 Å². The quantitative estimate of drug-likeness (QED) is 0.471. The van der Waals surface area contributed by atoms with Crippen LogP contribution in [0.15, 0.2) is 34.1 Å². The summed E-state index contributed by atoms with van der Waals surface area (Å²) in [5, 5.41) is 12.8. The van der Waals surface area contributed by atoms with Crippen LogP contribution in [0.4, 0.5) is 5.69 Å². The number of benzene rings is 1. The first-order chi connectivity index (χ1) is 9.11. The highest BCUT2D eigenvalue weighted by atomic mass is 79.9. The van der Waals surface area contributed by atoms with Crippen molar-refractivity contribution in [3.8, 4) is 5.75 Å². The fourth-order valence-corrected chi connectivity index (χ4v) is 2.82. The Bertz CT molecular complexity index is 626. The van der Waals surface area contributed by atoms with E-state index in [2.05, 4.69) is 15.9 Å². The Hall–Kier alpha value is -1.73. The minimum absolute atomic E-state index is 0.149. The van der Waals surface area contributed by atoms with Crippen molar-refractivity contribution in [2.75, 3.05) is 0 Å². The van der Waals surface area contributed by atoms with E-state index in [1.54, 1.807) is 0 Å². The van der Waals surface area contributed by atoms with Crippen LogP contribution in [0.25, 0.3) is 0 Å². The van der Waals surface area contributed by atoms with Gasteiger partial charge in [-0.05, 0) is 39.5 Å². The van der Waals surface area contributed by atoms with Gasteiger partial charge in [-0.3, -0.25) is 14.9 Å². The molecule has 0 aliphatic rings. The Morgan fingerprint density at radius 3 is 2.79 bits per heavy atom. The number of carbonyl (C=O) groups excluding carboxylic acids is 1. The number of thiophene rings is 1. The molecule has 0 aliphatic carbocycles. The van der Waals surface area contributed by atoms with Gasteiger partial charge in [0.05, 0.1) is 9.80 Å². The third-order valence-electron chi connectivity index (χ3n) is 2.37. The molecule has 0 unspecified atom stereocenters. The monoisotopic (exact) mass is 341 g/mol. The molecule has 0 amide bonds. The Labute approximate surface area is 121 Å². The molecule has 0 radical (unpaired) electrons. The van der Waals surface area contributed by atoms with Crippen LogP contribution < -0.4 is 4.74 Å². The Morgan fingerprint density at radius 1 is 1.42 bits per heavy atom. The normalized spacial score (nSPS) is 10.2. The van der Waals surface area contributed by atoms with E-state index in [1.807, 2.05) is 11.4 Å². The van der Waals surface area contributed by atoms with Crippen LogP contribution in [0.5, 0.6) is 5.75 Å². The first kappa shape index (κ1) is 13.7.